The minimum atomic E-state index is 0.213. The highest BCUT2D eigenvalue weighted by Crippen LogP contribution is 2.20. The SMILES string of the molecule is O=C(Cc1cccc(Cl)c1)N1CCC(CBr)CC1. The molecule has 0 atom stereocenters. The lowest BCUT2D eigenvalue weighted by Crippen LogP contribution is -2.39. The van der Waals surface area contributed by atoms with E-state index in [1.807, 2.05) is 29.2 Å². The minimum absolute atomic E-state index is 0.213. The number of amides is 1. The van der Waals surface area contributed by atoms with E-state index in [-0.39, 0.29) is 5.91 Å². The molecule has 1 amide bonds. The van der Waals surface area contributed by atoms with E-state index < -0.39 is 0 Å². The first-order chi connectivity index (χ1) is 8.69. The quantitative estimate of drug-likeness (QED) is 0.777. The average molecular weight is 331 g/mol. The molecular weight excluding hydrogens is 314 g/mol. The Kier molecular flexibility index (Phi) is 5.07. The Hall–Kier alpha value is -0.540. The fourth-order valence-electron chi connectivity index (χ4n) is 2.27. The van der Waals surface area contributed by atoms with Gasteiger partial charge in [0.1, 0.15) is 0 Å². The van der Waals surface area contributed by atoms with Gasteiger partial charge in [-0.1, -0.05) is 39.7 Å². The van der Waals surface area contributed by atoms with Crippen molar-refractivity contribution in [3.8, 4) is 0 Å². The summed E-state index contributed by atoms with van der Waals surface area (Å²) in [5.74, 6) is 0.936. The molecule has 0 saturated carbocycles. The normalized spacial score (nSPS) is 16.9. The van der Waals surface area contributed by atoms with E-state index in [4.69, 9.17) is 11.6 Å². The fourth-order valence-corrected chi connectivity index (χ4v) is 3.13. The second-order valence-corrected chi connectivity index (χ2v) is 5.87. The average Bonchev–Trinajstić information content (AvgIpc) is 2.39. The number of hydrogen-bond acceptors (Lipinski definition) is 1. The maximum Gasteiger partial charge on any atom is 0.226 e. The van der Waals surface area contributed by atoms with Crippen molar-refractivity contribution in [3.05, 3.63) is 34.9 Å². The first-order valence-corrected chi connectivity index (χ1v) is 7.77. The highest BCUT2D eigenvalue weighted by Gasteiger charge is 2.21. The van der Waals surface area contributed by atoms with Crippen LogP contribution in [0.15, 0.2) is 24.3 Å². The lowest BCUT2D eigenvalue weighted by atomic mass is 9.98. The van der Waals surface area contributed by atoms with E-state index in [9.17, 15) is 4.79 Å². The van der Waals surface area contributed by atoms with Gasteiger partial charge in [0.25, 0.3) is 0 Å². The van der Waals surface area contributed by atoms with Crippen LogP contribution in [-0.2, 0) is 11.2 Å². The van der Waals surface area contributed by atoms with Crippen LogP contribution in [0.3, 0.4) is 0 Å². The highest BCUT2D eigenvalue weighted by atomic mass is 79.9. The zero-order chi connectivity index (χ0) is 13.0. The molecule has 18 heavy (non-hydrogen) atoms. The number of benzene rings is 1. The van der Waals surface area contributed by atoms with Crippen LogP contribution in [0.2, 0.25) is 5.02 Å². The van der Waals surface area contributed by atoms with E-state index >= 15 is 0 Å². The van der Waals surface area contributed by atoms with Crippen LogP contribution in [0.25, 0.3) is 0 Å². The van der Waals surface area contributed by atoms with Crippen molar-refractivity contribution in [1.29, 1.82) is 0 Å². The van der Waals surface area contributed by atoms with Crippen molar-refractivity contribution in [2.45, 2.75) is 19.3 Å². The molecule has 1 aliphatic rings. The predicted octanol–water partition coefficient (Wildman–Crippen LogP) is 3.52. The largest absolute Gasteiger partial charge is 0.342 e. The maximum atomic E-state index is 12.1. The molecule has 2 nitrogen and oxygen atoms in total. The molecule has 98 valence electrons. The van der Waals surface area contributed by atoms with Crippen molar-refractivity contribution in [2.24, 2.45) is 5.92 Å². The van der Waals surface area contributed by atoms with Gasteiger partial charge in [0.15, 0.2) is 0 Å². The van der Waals surface area contributed by atoms with Crippen molar-refractivity contribution in [1.82, 2.24) is 4.90 Å². The lowest BCUT2D eigenvalue weighted by Gasteiger charge is -2.31. The number of halogens is 2. The van der Waals surface area contributed by atoms with Crippen LogP contribution < -0.4 is 0 Å². The summed E-state index contributed by atoms with van der Waals surface area (Å²) in [5, 5.41) is 1.74. The molecule has 0 N–H and O–H groups in total. The van der Waals surface area contributed by atoms with E-state index in [2.05, 4.69) is 15.9 Å². The molecular formula is C14H17BrClNO. The van der Waals surface area contributed by atoms with Crippen LogP contribution >= 0.6 is 27.5 Å². The molecule has 1 fully saturated rings. The third-order valence-corrected chi connectivity index (χ3v) is 4.58. The Morgan fingerprint density at radius 1 is 1.39 bits per heavy atom. The van der Waals surface area contributed by atoms with Crippen LogP contribution in [0.1, 0.15) is 18.4 Å². The number of carbonyl (C=O) groups is 1. The number of alkyl halides is 1. The standard InChI is InChI=1S/C14H17BrClNO/c15-10-11-4-6-17(7-5-11)14(18)9-12-2-1-3-13(16)8-12/h1-3,8,11H,4-7,9-10H2. The van der Waals surface area contributed by atoms with E-state index in [0.29, 0.717) is 11.4 Å². The molecule has 1 aromatic carbocycles. The summed E-state index contributed by atoms with van der Waals surface area (Å²) in [7, 11) is 0. The molecule has 0 aliphatic carbocycles. The number of piperidine rings is 1. The Morgan fingerprint density at radius 2 is 2.11 bits per heavy atom. The molecule has 2 rings (SSSR count). The van der Waals surface area contributed by atoms with Gasteiger partial charge < -0.3 is 4.90 Å². The minimum Gasteiger partial charge on any atom is -0.342 e. The number of likely N-dealkylation sites (tertiary alicyclic amines) is 1. The van der Waals surface area contributed by atoms with Crippen LogP contribution in [-0.4, -0.2) is 29.2 Å². The number of nitrogens with zero attached hydrogens (tertiary/aromatic N) is 1. The first kappa shape index (κ1) is 13.9. The molecule has 0 radical (unpaired) electrons. The van der Waals surface area contributed by atoms with Crippen molar-refractivity contribution in [2.75, 3.05) is 18.4 Å². The fraction of sp³-hybridized carbons (Fsp3) is 0.500. The summed E-state index contributed by atoms with van der Waals surface area (Å²) in [5.41, 5.74) is 0.995. The third-order valence-electron chi connectivity index (χ3n) is 3.43. The molecule has 4 heteroatoms. The van der Waals surface area contributed by atoms with Crippen LogP contribution in [0.5, 0.6) is 0 Å². The van der Waals surface area contributed by atoms with Crippen LogP contribution in [0.4, 0.5) is 0 Å². The van der Waals surface area contributed by atoms with Crippen molar-refractivity contribution >= 4 is 33.4 Å². The zero-order valence-electron chi connectivity index (χ0n) is 10.2. The van der Waals surface area contributed by atoms with Gasteiger partial charge in [-0.25, -0.2) is 0 Å². The van der Waals surface area contributed by atoms with E-state index in [1.165, 1.54) is 0 Å². The van der Waals surface area contributed by atoms with E-state index in [1.54, 1.807) is 0 Å². The molecule has 0 unspecified atom stereocenters. The summed E-state index contributed by atoms with van der Waals surface area (Å²) in [6.07, 6.45) is 2.67. The van der Waals surface area contributed by atoms with Gasteiger partial charge in [0.05, 0.1) is 6.42 Å². The van der Waals surface area contributed by atoms with E-state index in [0.717, 1.165) is 42.7 Å². The summed E-state index contributed by atoms with van der Waals surface area (Å²) in [6, 6.07) is 7.54. The Bertz CT molecular complexity index is 416. The van der Waals surface area contributed by atoms with Gasteiger partial charge >= 0.3 is 0 Å². The first-order valence-electron chi connectivity index (χ1n) is 6.27. The Morgan fingerprint density at radius 3 is 2.72 bits per heavy atom. The Balaban J connectivity index is 1.89. The van der Waals surface area contributed by atoms with Gasteiger partial charge in [0, 0.05) is 23.4 Å². The molecule has 0 aromatic heterocycles. The number of rotatable bonds is 3. The predicted molar refractivity (Wildman–Crippen MR) is 78.3 cm³/mol. The summed E-state index contributed by atoms with van der Waals surface area (Å²) in [4.78, 5) is 14.1. The topological polar surface area (TPSA) is 20.3 Å². The molecule has 1 aliphatic heterocycles. The zero-order valence-corrected chi connectivity index (χ0v) is 12.6. The van der Waals surface area contributed by atoms with Crippen molar-refractivity contribution in [3.63, 3.8) is 0 Å². The second-order valence-electron chi connectivity index (χ2n) is 4.79. The molecule has 1 aromatic rings. The van der Waals surface area contributed by atoms with Gasteiger partial charge in [-0.05, 0) is 36.5 Å². The van der Waals surface area contributed by atoms with Crippen LogP contribution in [0, 0.1) is 5.92 Å². The van der Waals surface area contributed by atoms with Gasteiger partial charge in [-0.3, -0.25) is 4.79 Å². The third kappa shape index (κ3) is 3.72. The highest BCUT2D eigenvalue weighted by molar-refractivity contribution is 9.09. The molecule has 0 bridgehead atoms. The molecule has 1 heterocycles. The lowest BCUT2D eigenvalue weighted by molar-refractivity contribution is -0.131. The van der Waals surface area contributed by atoms with Gasteiger partial charge in [0.2, 0.25) is 5.91 Å². The summed E-state index contributed by atoms with van der Waals surface area (Å²) >= 11 is 9.43. The summed E-state index contributed by atoms with van der Waals surface area (Å²) < 4.78 is 0. The number of carbonyl (C=O) groups excluding carboxylic acids is 1. The second kappa shape index (κ2) is 6.58. The van der Waals surface area contributed by atoms with Gasteiger partial charge in [-0.15, -0.1) is 0 Å². The smallest absolute Gasteiger partial charge is 0.226 e. The monoisotopic (exact) mass is 329 g/mol. The van der Waals surface area contributed by atoms with Gasteiger partial charge in [-0.2, -0.15) is 0 Å². The molecule has 1 saturated heterocycles. The number of hydrogen-bond donors (Lipinski definition) is 0. The Labute approximate surface area is 121 Å². The van der Waals surface area contributed by atoms with Crippen molar-refractivity contribution < 1.29 is 4.79 Å². The summed E-state index contributed by atoms with van der Waals surface area (Å²) in [6.45, 7) is 1.77. The molecule has 0 spiro atoms. The maximum absolute atomic E-state index is 12.1.